The van der Waals surface area contributed by atoms with E-state index in [1.807, 2.05) is 12.2 Å². The Morgan fingerprint density at radius 2 is 2.33 bits per heavy atom. The van der Waals surface area contributed by atoms with Crippen molar-refractivity contribution in [1.82, 2.24) is 5.32 Å². The second-order valence-electron chi connectivity index (χ2n) is 2.44. The minimum absolute atomic E-state index is 0.987. The van der Waals surface area contributed by atoms with E-state index in [1.165, 1.54) is 5.57 Å². The first-order chi connectivity index (χ1) is 5.85. The van der Waals surface area contributed by atoms with Crippen molar-refractivity contribution in [3.05, 3.63) is 36.6 Å². The fourth-order valence-electron chi connectivity index (χ4n) is 0.907. The molecule has 0 aromatic heterocycles. The molecular formula is C10H18N2. The van der Waals surface area contributed by atoms with Crippen LogP contribution in [0.4, 0.5) is 0 Å². The van der Waals surface area contributed by atoms with Gasteiger partial charge in [0, 0.05) is 0 Å². The lowest BCUT2D eigenvalue weighted by Crippen LogP contribution is -2.14. The van der Waals surface area contributed by atoms with Crippen LogP contribution in [-0.2, 0) is 0 Å². The Bertz CT molecular complexity index is 169. The van der Waals surface area contributed by atoms with E-state index in [-0.39, 0.29) is 0 Å². The third-order valence-corrected chi connectivity index (χ3v) is 1.48. The van der Waals surface area contributed by atoms with Gasteiger partial charge in [0.1, 0.15) is 0 Å². The standard InChI is InChI=1S/C10H18N2/c1-3-5-10(6-8-11)7-9-12-4-2/h3,5-6,8,12H,1,4,7,9,11H2,2H3/b8-6-,10-5+. The van der Waals surface area contributed by atoms with Crippen molar-refractivity contribution in [2.45, 2.75) is 13.3 Å². The highest BCUT2D eigenvalue weighted by Gasteiger charge is 1.89. The number of nitrogens with one attached hydrogen (secondary N) is 1. The number of hydrogen-bond acceptors (Lipinski definition) is 2. The van der Waals surface area contributed by atoms with Gasteiger partial charge in [-0.2, -0.15) is 0 Å². The molecule has 0 unspecified atom stereocenters. The Labute approximate surface area is 74.8 Å². The summed E-state index contributed by atoms with van der Waals surface area (Å²) in [5.74, 6) is 0. The van der Waals surface area contributed by atoms with Crippen LogP contribution in [0.3, 0.4) is 0 Å². The highest BCUT2D eigenvalue weighted by atomic mass is 14.8. The number of rotatable bonds is 6. The molecule has 0 amide bonds. The van der Waals surface area contributed by atoms with Gasteiger partial charge >= 0.3 is 0 Å². The molecular weight excluding hydrogens is 148 g/mol. The van der Waals surface area contributed by atoms with Crippen molar-refractivity contribution >= 4 is 0 Å². The first-order valence-electron chi connectivity index (χ1n) is 4.25. The normalized spacial score (nSPS) is 12.2. The van der Waals surface area contributed by atoms with Crippen LogP contribution in [0.2, 0.25) is 0 Å². The minimum atomic E-state index is 0.987. The fourth-order valence-corrected chi connectivity index (χ4v) is 0.907. The Morgan fingerprint density at radius 1 is 1.58 bits per heavy atom. The first kappa shape index (κ1) is 11.0. The molecule has 0 heterocycles. The molecule has 0 aliphatic rings. The van der Waals surface area contributed by atoms with E-state index >= 15 is 0 Å². The quantitative estimate of drug-likeness (QED) is 0.464. The summed E-state index contributed by atoms with van der Waals surface area (Å²) in [5, 5.41) is 3.25. The zero-order valence-electron chi connectivity index (χ0n) is 7.72. The lowest BCUT2D eigenvalue weighted by atomic mass is 10.1. The Morgan fingerprint density at radius 3 is 2.83 bits per heavy atom. The molecule has 0 atom stereocenters. The van der Waals surface area contributed by atoms with Crippen LogP contribution in [0.25, 0.3) is 0 Å². The average Bonchev–Trinajstić information content (AvgIpc) is 2.06. The maximum absolute atomic E-state index is 5.29. The third-order valence-electron chi connectivity index (χ3n) is 1.48. The van der Waals surface area contributed by atoms with Crippen molar-refractivity contribution in [2.24, 2.45) is 5.73 Å². The molecule has 0 rings (SSSR count). The summed E-state index contributed by atoms with van der Waals surface area (Å²) in [6, 6.07) is 0. The van der Waals surface area contributed by atoms with E-state index in [9.17, 15) is 0 Å². The molecule has 0 aromatic rings. The summed E-state index contributed by atoms with van der Waals surface area (Å²) >= 11 is 0. The molecule has 2 nitrogen and oxygen atoms in total. The van der Waals surface area contributed by atoms with Gasteiger partial charge in [0.05, 0.1) is 0 Å². The zero-order chi connectivity index (χ0) is 9.23. The van der Waals surface area contributed by atoms with Gasteiger partial charge in [-0.15, -0.1) is 0 Å². The van der Waals surface area contributed by atoms with E-state index in [0.717, 1.165) is 19.5 Å². The molecule has 0 bridgehead atoms. The van der Waals surface area contributed by atoms with Crippen molar-refractivity contribution in [1.29, 1.82) is 0 Å². The fraction of sp³-hybridized carbons (Fsp3) is 0.400. The molecule has 12 heavy (non-hydrogen) atoms. The van der Waals surface area contributed by atoms with Gasteiger partial charge in [0.15, 0.2) is 0 Å². The monoisotopic (exact) mass is 166 g/mol. The van der Waals surface area contributed by atoms with Crippen LogP contribution >= 0.6 is 0 Å². The number of allylic oxidation sites excluding steroid dienone is 3. The third kappa shape index (κ3) is 5.74. The van der Waals surface area contributed by atoms with Gasteiger partial charge in [-0.25, -0.2) is 0 Å². The molecule has 3 N–H and O–H groups in total. The molecule has 0 aliphatic heterocycles. The summed E-state index contributed by atoms with van der Waals surface area (Å²) in [4.78, 5) is 0. The summed E-state index contributed by atoms with van der Waals surface area (Å²) in [5.41, 5.74) is 6.49. The van der Waals surface area contributed by atoms with Gasteiger partial charge in [0.2, 0.25) is 0 Å². The lowest BCUT2D eigenvalue weighted by Gasteiger charge is -2.01. The van der Waals surface area contributed by atoms with Crippen LogP contribution in [0.1, 0.15) is 13.3 Å². The molecule has 0 aromatic carbocycles. The Balaban J connectivity index is 3.79. The molecule has 0 spiro atoms. The molecule has 0 saturated carbocycles. The van der Waals surface area contributed by atoms with Crippen LogP contribution in [0.5, 0.6) is 0 Å². The maximum Gasteiger partial charge on any atom is -0.000846 e. The lowest BCUT2D eigenvalue weighted by molar-refractivity contribution is 0.718. The van der Waals surface area contributed by atoms with E-state index < -0.39 is 0 Å². The predicted octanol–water partition coefficient (Wildman–Crippen LogP) is 1.57. The van der Waals surface area contributed by atoms with Gasteiger partial charge < -0.3 is 11.1 Å². The van der Waals surface area contributed by atoms with Gasteiger partial charge in [-0.3, -0.25) is 0 Å². The van der Waals surface area contributed by atoms with Crippen molar-refractivity contribution in [3.63, 3.8) is 0 Å². The summed E-state index contributed by atoms with van der Waals surface area (Å²) in [6.45, 7) is 7.73. The Hall–Kier alpha value is -1.02. The van der Waals surface area contributed by atoms with Crippen LogP contribution in [-0.4, -0.2) is 13.1 Å². The van der Waals surface area contributed by atoms with Crippen molar-refractivity contribution in [3.8, 4) is 0 Å². The SMILES string of the molecule is C=C/C=C(\C=C/N)CCNCC. The summed E-state index contributed by atoms with van der Waals surface area (Å²) in [6.07, 6.45) is 8.20. The Kier molecular flexibility index (Phi) is 7.39. The van der Waals surface area contributed by atoms with Crippen LogP contribution < -0.4 is 11.1 Å². The largest absolute Gasteiger partial charge is 0.405 e. The molecule has 0 fully saturated rings. The first-order valence-corrected chi connectivity index (χ1v) is 4.25. The van der Waals surface area contributed by atoms with Crippen LogP contribution in [0.15, 0.2) is 36.6 Å². The number of nitrogens with two attached hydrogens (primary N) is 1. The molecule has 0 radical (unpaired) electrons. The molecule has 0 saturated heterocycles. The predicted molar refractivity (Wildman–Crippen MR) is 54.8 cm³/mol. The van der Waals surface area contributed by atoms with E-state index in [1.54, 1.807) is 12.3 Å². The topological polar surface area (TPSA) is 38.0 Å². The second kappa shape index (κ2) is 8.08. The van der Waals surface area contributed by atoms with Crippen molar-refractivity contribution < 1.29 is 0 Å². The van der Waals surface area contributed by atoms with E-state index in [0.29, 0.717) is 0 Å². The minimum Gasteiger partial charge on any atom is -0.405 e. The van der Waals surface area contributed by atoms with Gasteiger partial charge in [-0.05, 0) is 37.4 Å². The highest BCUT2D eigenvalue weighted by molar-refractivity contribution is 5.22. The van der Waals surface area contributed by atoms with Gasteiger partial charge in [0.25, 0.3) is 0 Å². The number of hydrogen-bond donors (Lipinski definition) is 2. The van der Waals surface area contributed by atoms with Crippen LogP contribution in [0, 0.1) is 0 Å². The van der Waals surface area contributed by atoms with Crippen molar-refractivity contribution in [2.75, 3.05) is 13.1 Å². The molecule has 0 aliphatic carbocycles. The van der Waals surface area contributed by atoms with Gasteiger partial charge in [-0.1, -0.05) is 25.7 Å². The van der Waals surface area contributed by atoms with E-state index in [2.05, 4.69) is 18.8 Å². The molecule has 68 valence electrons. The highest BCUT2D eigenvalue weighted by Crippen LogP contribution is 2.01. The maximum atomic E-state index is 5.29. The summed E-state index contributed by atoms with van der Waals surface area (Å²) in [7, 11) is 0. The average molecular weight is 166 g/mol. The zero-order valence-corrected chi connectivity index (χ0v) is 7.72. The van der Waals surface area contributed by atoms with E-state index in [4.69, 9.17) is 5.73 Å². The molecule has 2 heteroatoms. The second-order valence-corrected chi connectivity index (χ2v) is 2.44. The summed E-state index contributed by atoms with van der Waals surface area (Å²) < 4.78 is 0. The smallest absolute Gasteiger partial charge is 0.000846 e.